The zero-order valence-electron chi connectivity index (χ0n) is 23.9. The first-order valence-corrected chi connectivity index (χ1v) is 14.2. The van der Waals surface area contributed by atoms with E-state index in [1.165, 1.54) is 12.8 Å². The summed E-state index contributed by atoms with van der Waals surface area (Å²) in [6, 6.07) is 12.4. The van der Waals surface area contributed by atoms with Gasteiger partial charge in [-0.15, -0.1) is 0 Å². The Balaban J connectivity index is 1.45. The zero-order chi connectivity index (χ0) is 28.2. The van der Waals surface area contributed by atoms with E-state index in [2.05, 4.69) is 40.1 Å². The minimum absolute atomic E-state index is 0.204. The maximum Gasteiger partial charge on any atom is 0.254 e. The molecule has 0 bridgehead atoms. The molecule has 210 valence electrons. The van der Waals surface area contributed by atoms with Gasteiger partial charge in [-0.05, 0) is 88.7 Å². The van der Waals surface area contributed by atoms with Crippen LogP contribution in [0.15, 0.2) is 59.2 Å². The Morgan fingerprint density at radius 2 is 1.93 bits per heavy atom. The molecule has 2 heterocycles. The van der Waals surface area contributed by atoms with Crippen molar-refractivity contribution in [2.45, 2.75) is 52.0 Å². The van der Waals surface area contributed by atoms with Gasteiger partial charge in [-0.1, -0.05) is 30.5 Å². The number of hydrogen-bond acceptors (Lipinski definition) is 5. The highest BCUT2D eigenvalue weighted by atomic mass is 16.5. The van der Waals surface area contributed by atoms with Crippen LogP contribution in [0.2, 0.25) is 0 Å². The quantitative estimate of drug-likeness (QED) is 0.345. The van der Waals surface area contributed by atoms with Gasteiger partial charge in [0, 0.05) is 24.2 Å². The highest BCUT2D eigenvalue weighted by Crippen LogP contribution is 2.35. The molecule has 1 aliphatic carbocycles. The summed E-state index contributed by atoms with van der Waals surface area (Å²) >= 11 is 0. The van der Waals surface area contributed by atoms with E-state index in [4.69, 9.17) is 9.84 Å². The summed E-state index contributed by atoms with van der Waals surface area (Å²) in [6.07, 6.45) is 9.21. The average Bonchev–Trinajstić information content (AvgIpc) is 3.60. The van der Waals surface area contributed by atoms with E-state index in [1.807, 2.05) is 50.3 Å². The largest absolute Gasteiger partial charge is 0.494 e. The molecule has 40 heavy (non-hydrogen) atoms. The van der Waals surface area contributed by atoms with Crippen molar-refractivity contribution in [2.24, 2.45) is 10.9 Å². The molecule has 8 nitrogen and oxygen atoms in total. The Morgan fingerprint density at radius 1 is 1.12 bits per heavy atom. The second-order valence-corrected chi connectivity index (χ2v) is 11.3. The van der Waals surface area contributed by atoms with Crippen molar-refractivity contribution in [3.63, 3.8) is 0 Å². The van der Waals surface area contributed by atoms with Gasteiger partial charge < -0.3 is 15.0 Å². The molecule has 0 radical (unpaired) electrons. The summed E-state index contributed by atoms with van der Waals surface area (Å²) in [7, 11) is 4.11. The molecule has 1 unspecified atom stereocenters. The minimum Gasteiger partial charge on any atom is -0.494 e. The van der Waals surface area contributed by atoms with E-state index in [1.54, 1.807) is 6.20 Å². The van der Waals surface area contributed by atoms with Gasteiger partial charge in [-0.3, -0.25) is 14.3 Å². The molecule has 1 saturated carbocycles. The van der Waals surface area contributed by atoms with Gasteiger partial charge in [-0.2, -0.15) is 5.10 Å². The summed E-state index contributed by atoms with van der Waals surface area (Å²) in [5.74, 6) is -0.0802. The summed E-state index contributed by atoms with van der Waals surface area (Å²) in [4.78, 5) is 32.4. The number of carbonyl (C=O) groups excluding carboxylic acids is 2. The molecule has 5 rings (SSSR count). The predicted octanol–water partition coefficient (Wildman–Crippen LogP) is 5.44. The number of aromatic nitrogens is 2. The molecular formula is C32H39N5O3. The first-order valence-electron chi connectivity index (χ1n) is 14.2. The van der Waals surface area contributed by atoms with Crippen LogP contribution >= 0.6 is 0 Å². The number of benzene rings is 2. The van der Waals surface area contributed by atoms with Crippen molar-refractivity contribution in [1.82, 2.24) is 20.0 Å². The fourth-order valence-electron chi connectivity index (χ4n) is 5.72. The lowest BCUT2D eigenvalue weighted by Crippen LogP contribution is -2.34. The fraction of sp³-hybridized carbons (Fsp3) is 0.438. The molecule has 1 aliphatic heterocycles. The summed E-state index contributed by atoms with van der Waals surface area (Å²) < 4.78 is 8.13. The van der Waals surface area contributed by atoms with E-state index in [0.717, 1.165) is 59.2 Å². The van der Waals surface area contributed by atoms with Gasteiger partial charge in [0.05, 0.1) is 35.8 Å². The van der Waals surface area contributed by atoms with Crippen LogP contribution in [0.3, 0.4) is 0 Å². The van der Waals surface area contributed by atoms with Crippen LogP contribution in [0.5, 0.6) is 5.75 Å². The van der Waals surface area contributed by atoms with Gasteiger partial charge in [0.25, 0.3) is 11.8 Å². The monoisotopic (exact) mass is 541 g/mol. The highest BCUT2D eigenvalue weighted by Gasteiger charge is 2.26. The lowest BCUT2D eigenvalue weighted by Gasteiger charge is -2.19. The van der Waals surface area contributed by atoms with Gasteiger partial charge in [0.15, 0.2) is 0 Å². The van der Waals surface area contributed by atoms with Gasteiger partial charge >= 0.3 is 0 Å². The van der Waals surface area contributed by atoms with E-state index in [9.17, 15) is 9.59 Å². The Hall–Kier alpha value is -3.78. The lowest BCUT2D eigenvalue weighted by molar-refractivity contribution is -0.120. The predicted molar refractivity (Wildman–Crippen MR) is 159 cm³/mol. The third-order valence-corrected chi connectivity index (χ3v) is 7.85. The van der Waals surface area contributed by atoms with Crippen LogP contribution in [0.25, 0.3) is 22.0 Å². The van der Waals surface area contributed by atoms with E-state index < -0.39 is 5.92 Å². The number of allylic oxidation sites excluding steroid dienone is 1. The Bertz CT molecular complexity index is 1460. The van der Waals surface area contributed by atoms with Crippen molar-refractivity contribution in [3.8, 4) is 16.9 Å². The smallest absolute Gasteiger partial charge is 0.254 e. The number of dihydropyridines is 1. The number of nitrogens with zero attached hydrogens (tertiary/aromatic N) is 4. The maximum absolute atomic E-state index is 13.6. The number of aliphatic imine (C=N–C) groups is 1. The second-order valence-electron chi connectivity index (χ2n) is 11.3. The normalized spacial score (nSPS) is 17.8. The third-order valence-electron chi connectivity index (χ3n) is 7.85. The number of carbonyl (C=O) groups is 2. The van der Waals surface area contributed by atoms with Gasteiger partial charge in [0.1, 0.15) is 5.75 Å². The van der Waals surface area contributed by atoms with Crippen LogP contribution < -0.4 is 10.1 Å². The zero-order valence-corrected chi connectivity index (χ0v) is 23.9. The number of rotatable bonds is 10. The van der Waals surface area contributed by atoms with Crippen molar-refractivity contribution in [1.29, 1.82) is 0 Å². The van der Waals surface area contributed by atoms with Crippen molar-refractivity contribution in [2.75, 3.05) is 33.8 Å². The SMILES string of the molecule is CC1=CC(C)=NC(=O)C1CNC(=O)c1cc(-c2cccc(OCCCN(C)C)c2)cc2c1cnn2C1CCCC1. The molecular weight excluding hydrogens is 502 g/mol. The molecule has 8 heteroatoms. The van der Waals surface area contributed by atoms with Crippen LogP contribution in [-0.2, 0) is 4.79 Å². The lowest BCUT2D eigenvalue weighted by atomic mass is 9.95. The molecule has 0 saturated heterocycles. The Kier molecular flexibility index (Phi) is 8.45. The molecule has 1 atom stereocenters. The molecule has 3 aromatic rings. The molecule has 1 fully saturated rings. The summed E-state index contributed by atoms with van der Waals surface area (Å²) in [5, 5.41) is 8.58. The number of fused-ring (bicyclic) bond motifs is 1. The topological polar surface area (TPSA) is 88.8 Å². The fourth-order valence-corrected chi connectivity index (χ4v) is 5.72. The van der Waals surface area contributed by atoms with Crippen LogP contribution in [0, 0.1) is 5.92 Å². The minimum atomic E-state index is -0.450. The highest BCUT2D eigenvalue weighted by molar-refractivity contribution is 6.09. The summed E-state index contributed by atoms with van der Waals surface area (Å²) in [5.41, 5.74) is 5.03. The van der Waals surface area contributed by atoms with Crippen molar-refractivity contribution < 1.29 is 14.3 Å². The van der Waals surface area contributed by atoms with Crippen LogP contribution in [-0.4, -0.2) is 66.0 Å². The first-order chi connectivity index (χ1) is 19.3. The molecule has 0 spiro atoms. The Labute approximate surface area is 236 Å². The first kappa shape index (κ1) is 27.8. The Morgan fingerprint density at radius 3 is 2.67 bits per heavy atom. The molecule has 1 aromatic heterocycles. The number of ether oxygens (including phenoxy) is 1. The molecule has 2 aromatic carbocycles. The number of hydrogen-bond donors (Lipinski definition) is 1. The van der Waals surface area contributed by atoms with E-state index in [-0.39, 0.29) is 18.4 Å². The molecule has 2 aliphatic rings. The van der Waals surface area contributed by atoms with Gasteiger partial charge in [0.2, 0.25) is 0 Å². The number of amides is 2. The number of nitrogens with one attached hydrogen (secondary N) is 1. The van der Waals surface area contributed by atoms with E-state index in [0.29, 0.717) is 23.9 Å². The van der Waals surface area contributed by atoms with E-state index >= 15 is 0 Å². The third kappa shape index (κ3) is 6.17. The second kappa shape index (κ2) is 12.2. The van der Waals surface area contributed by atoms with Crippen LogP contribution in [0.1, 0.15) is 62.4 Å². The van der Waals surface area contributed by atoms with Gasteiger partial charge in [-0.25, -0.2) is 4.99 Å². The average molecular weight is 542 g/mol. The molecule has 2 amide bonds. The summed E-state index contributed by atoms with van der Waals surface area (Å²) in [6.45, 7) is 5.53. The van der Waals surface area contributed by atoms with Crippen molar-refractivity contribution >= 4 is 28.4 Å². The molecule has 1 N–H and O–H groups in total. The van der Waals surface area contributed by atoms with Crippen molar-refractivity contribution in [3.05, 3.63) is 59.8 Å². The van der Waals surface area contributed by atoms with Crippen LogP contribution in [0.4, 0.5) is 0 Å². The maximum atomic E-state index is 13.6. The standard InChI is InChI=1S/C32H39N5O3/c1-21-15-22(2)35-32(39)28(21)19-33-31(38)27-17-24(18-30-29(27)20-34-37(30)25-10-5-6-11-25)23-9-7-12-26(16-23)40-14-8-13-36(3)4/h7,9,12,15-18,20,25,28H,5-6,8,10-11,13-14,19H2,1-4H3,(H,33,38).